The van der Waals surface area contributed by atoms with E-state index in [9.17, 15) is 20.2 Å². The van der Waals surface area contributed by atoms with Crippen LogP contribution in [0.25, 0.3) is 0 Å². The molecule has 19 heavy (non-hydrogen) atoms. The number of nitro benzene ring substituents is 2. The van der Waals surface area contributed by atoms with Crippen LogP contribution in [0.1, 0.15) is 24.8 Å². The fraction of sp³-hybridized carbons (Fsp3) is 0.500. The molecule has 0 heterocycles. The first kappa shape index (κ1) is 13.4. The van der Waals surface area contributed by atoms with Crippen molar-refractivity contribution in [1.29, 1.82) is 0 Å². The Balaban J connectivity index is 2.34. The highest BCUT2D eigenvalue weighted by atomic mass is 16.6. The Hall–Kier alpha value is -2.02. The molecule has 7 heteroatoms. The number of nitrogens with two attached hydrogens (primary N) is 1. The minimum Gasteiger partial charge on any atom is -0.330 e. The number of hydrogen-bond acceptors (Lipinski definition) is 5. The maximum absolute atomic E-state index is 11.0. The highest BCUT2D eigenvalue weighted by Crippen LogP contribution is 2.44. The van der Waals surface area contributed by atoms with Gasteiger partial charge in [0.1, 0.15) is 0 Å². The molecule has 0 atom stereocenters. The second-order valence-electron chi connectivity index (χ2n) is 5.06. The molecule has 1 aromatic rings. The molecule has 0 saturated heterocycles. The van der Waals surface area contributed by atoms with Crippen LogP contribution < -0.4 is 5.73 Å². The summed E-state index contributed by atoms with van der Waals surface area (Å²) in [6.45, 7) is 0.487. The molecule has 0 unspecified atom stereocenters. The van der Waals surface area contributed by atoms with Crippen molar-refractivity contribution in [2.75, 3.05) is 6.54 Å². The molecule has 0 bridgehead atoms. The van der Waals surface area contributed by atoms with E-state index < -0.39 is 9.85 Å². The maximum atomic E-state index is 11.0. The monoisotopic (exact) mass is 265 g/mol. The Kier molecular flexibility index (Phi) is 3.48. The van der Waals surface area contributed by atoms with E-state index in [2.05, 4.69) is 0 Å². The van der Waals surface area contributed by atoms with Gasteiger partial charge >= 0.3 is 0 Å². The van der Waals surface area contributed by atoms with Crippen LogP contribution in [0, 0.1) is 25.6 Å². The van der Waals surface area contributed by atoms with Gasteiger partial charge < -0.3 is 5.73 Å². The summed E-state index contributed by atoms with van der Waals surface area (Å²) in [4.78, 5) is 20.5. The van der Waals surface area contributed by atoms with Crippen LogP contribution >= 0.6 is 0 Å². The van der Waals surface area contributed by atoms with Gasteiger partial charge in [-0.15, -0.1) is 0 Å². The van der Waals surface area contributed by atoms with Gasteiger partial charge in [0.2, 0.25) is 0 Å². The van der Waals surface area contributed by atoms with Crippen molar-refractivity contribution in [3.05, 3.63) is 44.0 Å². The Morgan fingerprint density at radius 1 is 1.21 bits per heavy atom. The highest BCUT2D eigenvalue weighted by molar-refractivity contribution is 5.49. The molecule has 2 rings (SSSR count). The van der Waals surface area contributed by atoms with Gasteiger partial charge in [0.25, 0.3) is 11.4 Å². The summed E-state index contributed by atoms with van der Waals surface area (Å²) in [7, 11) is 0. The Bertz CT molecular complexity index is 520. The number of nitro groups is 2. The van der Waals surface area contributed by atoms with Crippen LogP contribution in [-0.4, -0.2) is 16.4 Å². The summed E-state index contributed by atoms with van der Waals surface area (Å²) in [6, 6.07) is 3.81. The van der Waals surface area contributed by atoms with Gasteiger partial charge in [-0.05, 0) is 37.3 Å². The van der Waals surface area contributed by atoms with E-state index in [1.54, 1.807) is 0 Å². The smallest absolute Gasteiger partial charge is 0.279 e. The number of rotatable bonds is 5. The first-order valence-electron chi connectivity index (χ1n) is 6.09. The average Bonchev–Trinajstić information content (AvgIpc) is 2.33. The van der Waals surface area contributed by atoms with Crippen molar-refractivity contribution in [3.8, 4) is 0 Å². The van der Waals surface area contributed by atoms with Crippen molar-refractivity contribution in [3.63, 3.8) is 0 Å². The van der Waals surface area contributed by atoms with Crippen LogP contribution in [0.4, 0.5) is 11.4 Å². The van der Waals surface area contributed by atoms with E-state index in [0.29, 0.717) is 18.5 Å². The molecule has 0 aliphatic heterocycles. The summed E-state index contributed by atoms with van der Waals surface area (Å²) in [5.74, 6) is 0. The Labute approximate surface area is 109 Å². The molecular formula is C12H15N3O4. The molecule has 1 aromatic carbocycles. The molecule has 0 radical (unpaired) electrons. The average molecular weight is 265 g/mol. The lowest BCUT2D eigenvalue weighted by Gasteiger charge is -2.41. The minimum atomic E-state index is -0.626. The summed E-state index contributed by atoms with van der Waals surface area (Å²) < 4.78 is 0. The number of hydrogen-bond donors (Lipinski definition) is 1. The molecule has 1 aliphatic carbocycles. The lowest BCUT2D eigenvalue weighted by molar-refractivity contribution is -0.394. The van der Waals surface area contributed by atoms with Crippen molar-refractivity contribution in [1.82, 2.24) is 0 Å². The molecular weight excluding hydrogens is 250 g/mol. The second-order valence-corrected chi connectivity index (χ2v) is 5.06. The zero-order chi connectivity index (χ0) is 14.0. The van der Waals surface area contributed by atoms with Crippen molar-refractivity contribution < 1.29 is 9.85 Å². The molecule has 7 nitrogen and oxygen atoms in total. The van der Waals surface area contributed by atoms with Gasteiger partial charge in [-0.3, -0.25) is 20.2 Å². The number of nitrogens with zero attached hydrogens (tertiary/aromatic N) is 2. The third kappa shape index (κ3) is 2.55. The van der Waals surface area contributed by atoms with E-state index >= 15 is 0 Å². The first-order chi connectivity index (χ1) is 8.97. The molecule has 1 aliphatic rings. The Morgan fingerprint density at radius 3 is 2.32 bits per heavy atom. The van der Waals surface area contributed by atoms with Gasteiger partial charge in [-0.2, -0.15) is 0 Å². The molecule has 102 valence electrons. The summed E-state index contributed by atoms with van der Waals surface area (Å²) in [6.07, 6.45) is 3.51. The zero-order valence-corrected chi connectivity index (χ0v) is 10.4. The van der Waals surface area contributed by atoms with E-state index in [0.717, 1.165) is 25.3 Å². The van der Waals surface area contributed by atoms with Crippen LogP contribution in [0.3, 0.4) is 0 Å². The van der Waals surface area contributed by atoms with E-state index in [1.807, 2.05) is 0 Å². The van der Waals surface area contributed by atoms with E-state index in [-0.39, 0.29) is 16.8 Å². The quantitative estimate of drug-likeness (QED) is 0.647. The largest absolute Gasteiger partial charge is 0.330 e. The first-order valence-corrected chi connectivity index (χ1v) is 6.09. The summed E-state index contributed by atoms with van der Waals surface area (Å²) >= 11 is 0. The fourth-order valence-corrected chi connectivity index (χ4v) is 2.52. The normalized spacial score (nSPS) is 16.7. The van der Waals surface area contributed by atoms with Gasteiger partial charge in [0, 0.05) is 11.6 Å². The molecule has 0 amide bonds. The summed E-state index contributed by atoms with van der Waals surface area (Å²) in [5.41, 5.74) is 5.76. The van der Waals surface area contributed by atoms with Crippen LogP contribution in [-0.2, 0) is 6.42 Å². The predicted molar refractivity (Wildman–Crippen MR) is 68.8 cm³/mol. The molecule has 0 spiro atoms. The molecule has 2 N–H and O–H groups in total. The predicted octanol–water partition coefficient (Wildman–Crippen LogP) is 2.17. The number of non-ortho nitro benzene ring substituents is 1. The standard InChI is InChI=1S/C12H15N3O4/c13-8-12(4-1-5-12)7-9-2-3-10(14(16)17)6-11(9)15(18)19/h2-3,6H,1,4-5,7-8,13H2. The van der Waals surface area contributed by atoms with Crippen molar-refractivity contribution >= 4 is 11.4 Å². The Morgan fingerprint density at radius 2 is 1.89 bits per heavy atom. The van der Waals surface area contributed by atoms with Gasteiger partial charge in [0.15, 0.2) is 0 Å². The molecule has 1 saturated carbocycles. The maximum Gasteiger partial charge on any atom is 0.279 e. The van der Waals surface area contributed by atoms with Crippen LogP contribution in [0.15, 0.2) is 18.2 Å². The van der Waals surface area contributed by atoms with Gasteiger partial charge in [-0.1, -0.05) is 6.42 Å². The minimum absolute atomic E-state index is 0.0686. The third-order valence-electron chi connectivity index (χ3n) is 3.89. The SMILES string of the molecule is NCC1(Cc2ccc([N+](=O)[O-])cc2[N+](=O)[O-])CCC1. The third-order valence-corrected chi connectivity index (χ3v) is 3.89. The lowest BCUT2D eigenvalue weighted by Crippen LogP contribution is -2.39. The molecule has 1 fully saturated rings. The summed E-state index contributed by atoms with van der Waals surface area (Å²) in [5, 5.41) is 21.7. The van der Waals surface area contributed by atoms with Crippen molar-refractivity contribution in [2.45, 2.75) is 25.7 Å². The van der Waals surface area contributed by atoms with Crippen LogP contribution in [0.5, 0.6) is 0 Å². The van der Waals surface area contributed by atoms with Gasteiger partial charge in [0.05, 0.1) is 15.9 Å². The number of benzene rings is 1. The molecule has 0 aromatic heterocycles. The highest BCUT2D eigenvalue weighted by Gasteiger charge is 2.37. The zero-order valence-electron chi connectivity index (χ0n) is 10.4. The van der Waals surface area contributed by atoms with E-state index in [1.165, 1.54) is 12.1 Å². The van der Waals surface area contributed by atoms with E-state index in [4.69, 9.17) is 5.73 Å². The fourth-order valence-electron chi connectivity index (χ4n) is 2.52. The lowest BCUT2D eigenvalue weighted by atomic mass is 9.65. The van der Waals surface area contributed by atoms with Crippen LogP contribution in [0.2, 0.25) is 0 Å². The topological polar surface area (TPSA) is 112 Å². The second kappa shape index (κ2) is 4.93. The van der Waals surface area contributed by atoms with Crippen molar-refractivity contribution in [2.24, 2.45) is 11.1 Å². The van der Waals surface area contributed by atoms with Gasteiger partial charge in [-0.25, -0.2) is 0 Å².